The first-order valence-corrected chi connectivity index (χ1v) is 13.4. The number of rotatable bonds is 12. The molecule has 0 spiro atoms. The van der Waals surface area contributed by atoms with Gasteiger partial charge in [0.2, 0.25) is 0 Å². The zero-order chi connectivity index (χ0) is 29.2. The summed E-state index contributed by atoms with van der Waals surface area (Å²) in [5.41, 5.74) is 1.10. The van der Waals surface area contributed by atoms with Gasteiger partial charge in [0.25, 0.3) is 0 Å². The van der Waals surface area contributed by atoms with Gasteiger partial charge < -0.3 is 29.3 Å². The number of ether oxygens (including phenoxy) is 3. The molecule has 1 aliphatic heterocycles. The number of hydrogen-bond acceptors (Lipinski definition) is 6. The SMILES string of the molecule is CCCCCOc1cc(N2CC(CNC(=O)C(=O)N(C)C)CN(Cc3cc(F)ccc3OC)C2=O)ccc1OC. The second kappa shape index (κ2) is 14.4. The van der Waals surface area contributed by atoms with Crippen LogP contribution in [0.1, 0.15) is 31.7 Å². The number of carbonyl (C=O) groups is 3. The summed E-state index contributed by atoms with van der Waals surface area (Å²) in [6, 6.07) is 9.15. The van der Waals surface area contributed by atoms with Crippen LogP contribution >= 0.6 is 0 Å². The van der Waals surface area contributed by atoms with Crippen molar-refractivity contribution in [3.8, 4) is 17.2 Å². The highest BCUT2D eigenvalue weighted by atomic mass is 19.1. The number of likely N-dealkylation sites (N-methyl/N-ethyl adjacent to an activating group) is 1. The van der Waals surface area contributed by atoms with Crippen LogP contribution in [0.3, 0.4) is 0 Å². The monoisotopic (exact) mass is 558 g/mol. The Morgan fingerprint density at radius 2 is 1.75 bits per heavy atom. The van der Waals surface area contributed by atoms with E-state index in [9.17, 15) is 18.8 Å². The molecule has 1 fully saturated rings. The number of urea groups is 1. The first-order valence-electron chi connectivity index (χ1n) is 13.4. The maximum absolute atomic E-state index is 14.1. The van der Waals surface area contributed by atoms with Gasteiger partial charge in [-0.3, -0.25) is 14.5 Å². The van der Waals surface area contributed by atoms with Crippen LogP contribution in [0, 0.1) is 11.7 Å². The van der Waals surface area contributed by atoms with Crippen molar-refractivity contribution in [1.29, 1.82) is 0 Å². The van der Waals surface area contributed by atoms with E-state index in [1.165, 1.54) is 44.3 Å². The van der Waals surface area contributed by atoms with Crippen molar-refractivity contribution in [3.63, 3.8) is 0 Å². The summed E-state index contributed by atoms with van der Waals surface area (Å²) in [5, 5.41) is 2.68. The van der Waals surface area contributed by atoms with E-state index in [4.69, 9.17) is 14.2 Å². The molecule has 0 aromatic heterocycles. The number of hydrogen-bond donors (Lipinski definition) is 1. The smallest absolute Gasteiger partial charge is 0.324 e. The van der Waals surface area contributed by atoms with E-state index in [0.717, 1.165) is 19.3 Å². The molecule has 40 heavy (non-hydrogen) atoms. The van der Waals surface area contributed by atoms with Gasteiger partial charge in [-0.2, -0.15) is 0 Å². The molecular formula is C29H39FN4O6. The van der Waals surface area contributed by atoms with E-state index < -0.39 is 17.6 Å². The van der Waals surface area contributed by atoms with Crippen LogP contribution in [-0.4, -0.2) is 82.2 Å². The van der Waals surface area contributed by atoms with Crippen LogP contribution in [0.25, 0.3) is 0 Å². The van der Waals surface area contributed by atoms with E-state index in [1.807, 2.05) is 0 Å². The molecule has 1 saturated heterocycles. The lowest BCUT2D eigenvalue weighted by molar-refractivity contribution is -0.144. The highest BCUT2D eigenvalue weighted by Crippen LogP contribution is 2.34. The molecule has 218 valence electrons. The van der Waals surface area contributed by atoms with E-state index >= 15 is 0 Å². The lowest BCUT2D eigenvalue weighted by atomic mass is 10.0. The maximum atomic E-state index is 14.1. The highest BCUT2D eigenvalue weighted by molar-refractivity contribution is 6.34. The van der Waals surface area contributed by atoms with Crippen molar-refractivity contribution in [2.75, 3.05) is 59.5 Å². The van der Waals surface area contributed by atoms with Crippen molar-refractivity contribution in [1.82, 2.24) is 15.1 Å². The number of nitrogens with zero attached hydrogens (tertiary/aromatic N) is 3. The van der Waals surface area contributed by atoms with Gasteiger partial charge in [0.05, 0.1) is 27.4 Å². The highest BCUT2D eigenvalue weighted by Gasteiger charge is 2.34. The third-order valence-corrected chi connectivity index (χ3v) is 6.64. The molecule has 11 heteroatoms. The van der Waals surface area contributed by atoms with Gasteiger partial charge in [-0.15, -0.1) is 0 Å². The molecule has 1 heterocycles. The molecule has 1 N–H and O–H groups in total. The molecule has 0 radical (unpaired) electrons. The minimum atomic E-state index is -0.723. The minimum Gasteiger partial charge on any atom is -0.496 e. The number of carbonyl (C=O) groups excluding carboxylic acids is 3. The Labute approximate surface area is 235 Å². The molecule has 0 bridgehead atoms. The molecular weight excluding hydrogens is 519 g/mol. The van der Waals surface area contributed by atoms with Crippen molar-refractivity contribution in [3.05, 3.63) is 47.8 Å². The minimum absolute atomic E-state index is 0.0911. The van der Waals surface area contributed by atoms with Crippen LogP contribution in [0.5, 0.6) is 17.2 Å². The molecule has 10 nitrogen and oxygen atoms in total. The lowest BCUT2D eigenvalue weighted by Gasteiger charge is -2.40. The predicted molar refractivity (Wildman–Crippen MR) is 149 cm³/mol. The maximum Gasteiger partial charge on any atom is 0.324 e. The Kier molecular flexibility index (Phi) is 11.0. The fourth-order valence-electron chi connectivity index (χ4n) is 4.50. The zero-order valence-corrected chi connectivity index (χ0v) is 23.9. The Morgan fingerprint density at radius 1 is 1.02 bits per heavy atom. The van der Waals surface area contributed by atoms with Gasteiger partial charge >= 0.3 is 17.8 Å². The van der Waals surface area contributed by atoms with Crippen LogP contribution < -0.4 is 24.4 Å². The molecule has 2 aromatic carbocycles. The van der Waals surface area contributed by atoms with E-state index in [-0.39, 0.29) is 38.1 Å². The first kappa shape index (κ1) is 30.5. The fraction of sp³-hybridized carbons (Fsp3) is 0.483. The molecule has 1 unspecified atom stereocenters. The summed E-state index contributed by atoms with van der Waals surface area (Å²) < 4.78 is 30.9. The zero-order valence-electron chi connectivity index (χ0n) is 23.9. The fourth-order valence-corrected chi connectivity index (χ4v) is 4.50. The summed E-state index contributed by atoms with van der Waals surface area (Å²) in [5.74, 6) is -0.522. The lowest BCUT2D eigenvalue weighted by Crippen LogP contribution is -2.56. The van der Waals surface area contributed by atoms with Gasteiger partial charge in [0.1, 0.15) is 11.6 Å². The molecule has 0 saturated carbocycles. The number of nitrogens with one attached hydrogen (secondary N) is 1. The Hall–Kier alpha value is -4.02. The Bertz CT molecular complexity index is 1190. The van der Waals surface area contributed by atoms with Crippen molar-refractivity contribution < 1.29 is 33.0 Å². The topological polar surface area (TPSA) is 101 Å². The number of unbranched alkanes of at least 4 members (excludes halogenated alkanes) is 2. The quantitative estimate of drug-likeness (QED) is 0.315. The van der Waals surface area contributed by atoms with Crippen molar-refractivity contribution in [2.24, 2.45) is 5.92 Å². The Balaban J connectivity index is 1.89. The third-order valence-electron chi connectivity index (χ3n) is 6.64. The van der Waals surface area contributed by atoms with Crippen molar-refractivity contribution in [2.45, 2.75) is 32.7 Å². The standard InChI is InChI=1S/C29H39FN4O6/c1-6-7-8-13-40-26-15-23(10-12-25(26)39-5)34-18-20(16-31-27(35)28(36)32(2)3)17-33(29(34)37)19-21-14-22(30)9-11-24(21)38-4/h9-12,14-15,20H,6-8,13,16-19H2,1-5H3,(H,31,35). The number of methoxy groups -OCH3 is 2. The van der Waals surface area contributed by atoms with Crippen LogP contribution in [0.2, 0.25) is 0 Å². The number of anilines is 1. The van der Waals surface area contributed by atoms with Gasteiger partial charge in [-0.05, 0) is 36.8 Å². The number of halogens is 1. The second-order valence-corrected chi connectivity index (χ2v) is 9.90. The molecule has 1 aliphatic rings. The molecule has 1 atom stereocenters. The normalized spacial score (nSPS) is 15.1. The Morgan fingerprint density at radius 3 is 2.42 bits per heavy atom. The summed E-state index contributed by atoms with van der Waals surface area (Å²) in [6.45, 7) is 3.45. The average molecular weight is 559 g/mol. The van der Waals surface area contributed by atoms with Gasteiger partial charge in [-0.1, -0.05) is 19.8 Å². The van der Waals surface area contributed by atoms with Crippen molar-refractivity contribution >= 4 is 23.5 Å². The summed E-state index contributed by atoms with van der Waals surface area (Å²) >= 11 is 0. The molecule has 4 amide bonds. The van der Waals surface area contributed by atoms with E-state index in [0.29, 0.717) is 35.1 Å². The van der Waals surface area contributed by atoms with Crippen LogP contribution in [0.15, 0.2) is 36.4 Å². The largest absolute Gasteiger partial charge is 0.496 e. The van der Waals surface area contributed by atoms with Gasteiger partial charge in [0.15, 0.2) is 11.5 Å². The molecule has 3 rings (SSSR count). The van der Waals surface area contributed by atoms with E-state index in [2.05, 4.69) is 12.2 Å². The van der Waals surface area contributed by atoms with Crippen LogP contribution in [-0.2, 0) is 16.1 Å². The average Bonchev–Trinajstić information content (AvgIpc) is 2.95. The summed E-state index contributed by atoms with van der Waals surface area (Å²) in [7, 11) is 6.05. The third kappa shape index (κ3) is 7.77. The molecule has 2 aromatic rings. The van der Waals surface area contributed by atoms with Gasteiger partial charge in [0, 0.05) is 57.0 Å². The van der Waals surface area contributed by atoms with Gasteiger partial charge in [-0.25, -0.2) is 9.18 Å². The first-order chi connectivity index (χ1) is 19.2. The van der Waals surface area contributed by atoms with Crippen LogP contribution in [0.4, 0.5) is 14.9 Å². The number of amides is 4. The summed E-state index contributed by atoms with van der Waals surface area (Å²) in [4.78, 5) is 42.5. The van der Waals surface area contributed by atoms with E-state index in [1.54, 1.807) is 35.1 Å². The molecule has 0 aliphatic carbocycles. The predicted octanol–water partition coefficient (Wildman–Crippen LogP) is 3.67. The number of benzene rings is 2. The summed E-state index contributed by atoms with van der Waals surface area (Å²) in [6.07, 6.45) is 2.99. The second-order valence-electron chi connectivity index (χ2n) is 9.90.